The summed E-state index contributed by atoms with van der Waals surface area (Å²) in [6.07, 6.45) is -5.38. The van der Waals surface area contributed by atoms with Crippen LogP contribution in [0.2, 0.25) is 0 Å². The number of carboxylic acid groups (broad SMARTS) is 5. The van der Waals surface area contributed by atoms with Gasteiger partial charge in [-0.3, -0.25) is 38.4 Å². The lowest BCUT2D eigenvalue weighted by Gasteiger charge is -2.51. The Bertz CT molecular complexity index is 864. The Kier molecular flexibility index (Phi) is 11.7. The van der Waals surface area contributed by atoms with Crippen LogP contribution in [0.15, 0.2) is 0 Å². The molecule has 5 N–H and O–H groups in total. The lowest BCUT2D eigenvalue weighted by molar-refractivity contribution is -0.202. The summed E-state index contributed by atoms with van der Waals surface area (Å²) in [7, 11) is 0. The van der Waals surface area contributed by atoms with E-state index in [0.717, 1.165) is 0 Å². The SMILES string of the molecule is O=COCC(C=O)(COC=O)C(C(COC=O)(CC(=O)O)C(=O)O)C(CC(=O)O)(CC(=O)O)C(=O)O. The van der Waals surface area contributed by atoms with Gasteiger partial charge in [0.25, 0.3) is 19.4 Å². The van der Waals surface area contributed by atoms with Crippen molar-refractivity contribution in [1.82, 2.24) is 0 Å². The molecule has 0 aromatic heterocycles. The van der Waals surface area contributed by atoms with E-state index in [9.17, 15) is 68.7 Å². The van der Waals surface area contributed by atoms with Crippen LogP contribution >= 0.6 is 0 Å². The van der Waals surface area contributed by atoms with Gasteiger partial charge in [0.05, 0.1) is 30.1 Å². The third-order valence-corrected chi connectivity index (χ3v) is 5.42. The molecule has 0 fully saturated rings. The van der Waals surface area contributed by atoms with E-state index in [4.69, 9.17) is 0 Å². The molecule has 0 amide bonds. The molecular weight excluding hydrogens is 500 g/mol. The van der Waals surface area contributed by atoms with Crippen molar-refractivity contribution in [3.8, 4) is 0 Å². The maximum Gasteiger partial charge on any atom is 0.314 e. The van der Waals surface area contributed by atoms with Crippen LogP contribution in [0.3, 0.4) is 0 Å². The van der Waals surface area contributed by atoms with Gasteiger partial charge in [-0.1, -0.05) is 0 Å². The molecule has 36 heavy (non-hydrogen) atoms. The molecule has 17 heteroatoms. The number of hydrogen-bond donors (Lipinski definition) is 5. The lowest BCUT2D eigenvalue weighted by atomic mass is 9.49. The number of hydrogen-bond acceptors (Lipinski definition) is 12. The average Bonchev–Trinajstić information content (AvgIpc) is 2.77. The van der Waals surface area contributed by atoms with Crippen molar-refractivity contribution in [1.29, 1.82) is 0 Å². The summed E-state index contributed by atoms with van der Waals surface area (Å²) >= 11 is 0. The van der Waals surface area contributed by atoms with Crippen LogP contribution in [-0.2, 0) is 57.4 Å². The van der Waals surface area contributed by atoms with Crippen LogP contribution in [0.4, 0.5) is 0 Å². The van der Waals surface area contributed by atoms with Crippen LogP contribution in [0.25, 0.3) is 0 Å². The van der Waals surface area contributed by atoms with Gasteiger partial charge in [-0.2, -0.15) is 0 Å². The fourth-order valence-electron chi connectivity index (χ4n) is 4.38. The van der Waals surface area contributed by atoms with E-state index in [0.29, 0.717) is 0 Å². The summed E-state index contributed by atoms with van der Waals surface area (Å²) < 4.78 is 13.4. The van der Waals surface area contributed by atoms with Crippen LogP contribution in [0.1, 0.15) is 19.3 Å². The van der Waals surface area contributed by atoms with Gasteiger partial charge in [0.1, 0.15) is 31.5 Å². The molecule has 0 bridgehead atoms. The van der Waals surface area contributed by atoms with E-state index in [-0.39, 0.29) is 25.7 Å². The number of rotatable bonds is 21. The quantitative estimate of drug-likeness (QED) is 0.0794. The zero-order valence-electron chi connectivity index (χ0n) is 18.3. The van der Waals surface area contributed by atoms with Crippen molar-refractivity contribution in [3.63, 3.8) is 0 Å². The second kappa shape index (κ2) is 13.4. The molecule has 0 rings (SSSR count). The van der Waals surface area contributed by atoms with Gasteiger partial charge in [-0.05, 0) is 0 Å². The van der Waals surface area contributed by atoms with Crippen molar-refractivity contribution >= 4 is 55.5 Å². The second-order valence-electron chi connectivity index (χ2n) is 7.64. The topological polar surface area (TPSA) is 282 Å². The molecule has 0 aliphatic carbocycles. The second-order valence-corrected chi connectivity index (χ2v) is 7.64. The maximum atomic E-state index is 12.6. The molecular formula is C19H22O17. The van der Waals surface area contributed by atoms with Crippen LogP contribution in [0, 0.1) is 22.2 Å². The summed E-state index contributed by atoms with van der Waals surface area (Å²) in [5.74, 6) is -13.4. The Morgan fingerprint density at radius 1 is 0.583 bits per heavy atom. The minimum Gasteiger partial charge on any atom is -0.481 e. The minimum absolute atomic E-state index is 0.285. The summed E-state index contributed by atoms with van der Waals surface area (Å²) in [5.41, 5.74) is -9.49. The van der Waals surface area contributed by atoms with Crippen molar-refractivity contribution in [2.45, 2.75) is 19.3 Å². The van der Waals surface area contributed by atoms with Crippen LogP contribution in [-0.4, -0.2) is 101 Å². The smallest absolute Gasteiger partial charge is 0.314 e. The number of ether oxygens (including phenoxy) is 3. The lowest BCUT2D eigenvalue weighted by Crippen LogP contribution is -2.64. The number of carbonyl (C=O) groups is 9. The highest BCUT2D eigenvalue weighted by molar-refractivity contribution is 5.90. The fraction of sp³-hybridized carbons (Fsp3) is 0.526. The average molecular weight is 522 g/mol. The first kappa shape index (κ1) is 31.4. The highest BCUT2D eigenvalue weighted by Crippen LogP contribution is 2.56. The van der Waals surface area contributed by atoms with E-state index in [1.54, 1.807) is 0 Å². The first-order valence-corrected chi connectivity index (χ1v) is 9.49. The van der Waals surface area contributed by atoms with Gasteiger partial charge in [0.2, 0.25) is 0 Å². The Labute approximate surface area is 200 Å². The molecule has 0 saturated heterocycles. The van der Waals surface area contributed by atoms with E-state index in [2.05, 4.69) is 14.2 Å². The van der Waals surface area contributed by atoms with E-state index in [1.165, 1.54) is 0 Å². The molecule has 0 saturated carbocycles. The molecule has 0 aliphatic rings. The van der Waals surface area contributed by atoms with E-state index < -0.39 is 91.1 Å². The molecule has 0 aliphatic heterocycles. The molecule has 0 radical (unpaired) electrons. The van der Waals surface area contributed by atoms with Crippen molar-refractivity contribution in [2.24, 2.45) is 22.2 Å². The zero-order valence-corrected chi connectivity index (χ0v) is 18.3. The standard InChI is InChI=1S/C19H22O17/c20-4-17(5-34-8-21,6-35-9-22)14(18(15(30)31,1-11(24)25)2-12(26)27)19(16(32)33,3-13(28)29)7-36-10-23/h4,8-10,14H,1-3,5-7H2,(H,24,25)(H,26,27)(H,28,29)(H,30,31)(H,32,33). The Morgan fingerprint density at radius 2 is 0.917 bits per heavy atom. The summed E-state index contributed by atoms with van der Waals surface area (Å²) in [6.45, 7) is -5.18. The maximum absolute atomic E-state index is 12.6. The number of carbonyl (C=O) groups excluding carboxylic acids is 4. The van der Waals surface area contributed by atoms with Crippen molar-refractivity contribution in [2.75, 3.05) is 19.8 Å². The molecule has 2 atom stereocenters. The van der Waals surface area contributed by atoms with Crippen LogP contribution < -0.4 is 0 Å². The molecule has 0 aromatic carbocycles. The summed E-state index contributed by atoms with van der Waals surface area (Å²) in [5, 5.41) is 48.5. The van der Waals surface area contributed by atoms with E-state index in [1.807, 2.05) is 0 Å². The predicted molar refractivity (Wildman–Crippen MR) is 105 cm³/mol. The van der Waals surface area contributed by atoms with Crippen LogP contribution in [0.5, 0.6) is 0 Å². The first-order chi connectivity index (χ1) is 16.7. The minimum atomic E-state index is -3.35. The van der Waals surface area contributed by atoms with Gasteiger partial charge in [0, 0.05) is 5.92 Å². The number of aldehydes is 1. The summed E-state index contributed by atoms with van der Waals surface area (Å²) in [6, 6.07) is 0. The monoisotopic (exact) mass is 522 g/mol. The van der Waals surface area contributed by atoms with Gasteiger partial charge in [0.15, 0.2) is 0 Å². The molecule has 0 spiro atoms. The molecule has 200 valence electrons. The normalized spacial score (nSPS) is 13.7. The highest BCUT2D eigenvalue weighted by atomic mass is 16.5. The first-order valence-electron chi connectivity index (χ1n) is 9.49. The Hall–Kier alpha value is -4.57. The molecule has 2 unspecified atom stereocenters. The molecule has 17 nitrogen and oxygen atoms in total. The Balaban J connectivity index is 8.16. The van der Waals surface area contributed by atoms with Crippen molar-refractivity contribution < 1.29 is 82.9 Å². The number of aliphatic carboxylic acids is 5. The van der Waals surface area contributed by atoms with Gasteiger partial charge in [-0.25, -0.2) is 0 Å². The molecule has 0 heterocycles. The highest BCUT2D eigenvalue weighted by Gasteiger charge is 2.69. The van der Waals surface area contributed by atoms with Gasteiger partial charge >= 0.3 is 29.8 Å². The fourth-order valence-corrected chi connectivity index (χ4v) is 4.38. The largest absolute Gasteiger partial charge is 0.481 e. The third kappa shape index (κ3) is 6.97. The van der Waals surface area contributed by atoms with Gasteiger partial charge < -0.3 is 44.5 Å². The predicted octanol–water partition coefficient (Wildman–Crippen LogP) is -2.13. The zero-order chi connectivity index (χ0) is 28.2. The summed E-state index contributed by atoms with van der Waals surface area (Å²) in [4.78, 5) is 105. The van der Waals surface area contributed by atoms with Gasteiger partial charge in [-0.15, -0.1) is 0 Å². The third-order valence-electron chi connectivity index (χ3n) is 5.42. The molecule has 0 aromatic rings. The number of carboxylic acids is 5. The van der Waals surface area contributed by atoms with Crippen molar-refractivity contribution in [3.05, 3.63) is 0 Å². The Morgan fingerprint density at radius 3 is 1.19 bits per heavy atom. The van der Waals surface area contributed by atoms with E-state index >= 15 is 0 Å².